The average Bonchev–Trinajstić information content (AvgIpc) is 2.90. The van der Waals surface area contributed by atoms with Crippen LogP contribution in [0.3, 0.4) is 0 Å². The quantitative estimate of drug-likeness (QED) is 0.657. The Morgan fingerprint density at radius 1 is 1.07 bits per heavy atom. The van der Waals surface area contributed by atoms with E-state index >= 15 is 0 Å². The fourth-order valence-corrected chi connectivity index (χ4v) is 4.49. The van der Waals surface area contributed by atoms with Crippen LogP contribution in [0.2, 0.25) is 5.02 Å². The molecule has 0 radical (unpaired) electrons. The van der Waals surface area contributed by atoms with Crippen molar-refractivity contribution >= 4 is 38.9 Å². The van der Waals surface area contributed by atoms with Crippen LogP contribution in [0.25, 0.3) is 5.69 Å². The van der Waals surface area contributed by atoms with Crippen molar-refractivity contribution in [3.63, 3.8) is 0 Å². The third-order valence-corrected chi connectivity index (χ3v) is 5.88. The average molecular weight is 419 g/mol. The predicted octanol–water partition coefficient (Wildman–Crippen LogP) is 3.90. The summed E-state index contributed by atoms with van der Waals surface area (Å²) >= 11 is 5.92. The molecule has 28 heavy (non-hydrogen) atoms. The van der Waals surface area contributed by atoms with Crippen molar-refractivity contribution < 1.29 is 13.2 Å². The highest BCUT2D eigenvalue weighted by Gasteiger charge is 2.25. The first-order valence-electron chi connectivity index (χ1n) is 8.40. The van der Waals surface area contributed by atoms with Crippen molar-refractivity contribution in [1.29, 1.82) is 0 Å². The van der Waals surface area contributed by atoms with Crippen molar-refractivity contribution in [1.82, 2.24) is 9.78 Å². The number of anilines is 2. The van der Waals surface area contributed by atoms with Gasteiger partial charge in [-0.1, -0.05) is 17.7 Å². The second-order valence-corrected chi connectivity index (χ2v) is 8.31. The molecular weight excluding hydrogens is 400 g/mol. The fraction of sp³-hybridized carbons (Fsp3) is 0.158. The zero-order valence-electron chi connectivity index (χ0n) is 15.5. The summed E-state index contributed by atoms with van der Waals surface area (Å²) in [6.45, 7) is 4.72. The molecule has 0 saturated heterocycles. The summed E-state index contributed by atoms with van der Waals surface area (Å²) in [6, 6.07) is 13.4. The molecule has 0 spiro atoms. The van der Waals surface area contributed by atoms with Crippen molar-refractivity contribution in [2.45, 2.75) is 25.7 Å². The van der Waals surface area contributed by atoms with E-state index in [1.807, 2.05) is 0 Å². The van der Waals surface area contributed by atoms with Crippen molar-refractivity contribution in [3.05, 3.63) is 64.9 Å². The zero-order chi connectivity index (χ0) is 20.5. The Kier molecular flexibility index (Phi) is 5.44. The van der Waals surface area contributed by atoms with Crippen LogP contribution in [-0.4, -0.2) is 24.1 Å². The van der Waals surface area contributed by atoms with Crippen LogP contribution in [0.4, 0.5) is 11.4 Å². The smallest absolute Gasteiger partial charge is 0.265 e. The first-order valence-corrected chi connectivity index (χ1v) is 10.3. The Hall–Kier alpha value is -2.84. The molecule has 3 aromatic rings. The SMILES string of the molecule is CC(=O)Nc1cccc(NS(=O)(=O)c2c(C)nn(-c3ccc(Cl)cc3)c2C)c1. The number of nitrogens with zero attached hydrogens (tertiary/aromatic N) is 2. The third kappa shape index (κ3) is 4.18. The molecule has 1 heterocycles. The van der Waals surface area contributed by atoms with Gasteiger partial charge in [0.2, 0.25) is 5.91 Å². The lowest BCUT2D eigenvalue weighted by atomic mass is 10.3. The Labute approximate surface area is 168 Å². The largest absolute Gasteiger partial charge is 0.326 e. The van der Waals surface area contributed by atoms with E-state index in [0.29, 0.717) is 33.5 Å². The van der Waals surface area contributed by atoms with Gasteiger partial charge < -0.3 is 5.32 Å². The van der Waals surface area contributed by atoms with E-state index in [9.17, 15) is 13.2 Å². The minimum atomic E-state index is -3.89. The van der Waals surface area contributed by atoms with E-state index in [1.165, 1.54) is 6.92 Å². The number of nitrogens with one attached hydrogen (secondary N) is 2. The van der Waals surface area contributed by atoms with Crippen molar-refractivity contribution in [3.8, 4) is 5.69 Å². The number of halogens is 1. The number of amides is 1. The molecule has 9 heteroatoms. The number of rotatable bonds is 5. The van der Waals surface area contributed by atoms with Crippen LogP contribution < -0.4 is 10.0 Å². The third-order valence-electron chi connectivity index (χ3n) is 4.00. The number of aryl methyl sites for hydroxylation is 1. The highest BCUT2D eigenvalue weighted by atomic mass is 35.5. The lowest BCUT2D eigenvalue weighted by Crippen LogP contribution is -2.15. The summed E-state index contributed by atoms with van der Waals surface area (Å²) in [5.41, 5.74) is 2.39. The minimum Gasteiger partial charge on any atom is -0.326 e. The molecule has 0 aliphatic heterocycles. The number of carbonyl (C=O) groups is 1. The molecule has 0 fully saturated rings. The summed E-state index contributed by atoms with van der Waals surface area (Å²) in [5, 5.41) is 7.58. The number of hydrogen-bond donors (Lipinski definition) is 2. The van der Waals surface area contributed by atoms with Crippen molar-refractivity contribution in [2.24, 2.45) is 0 Å². The molecule has 0 atom stereocenters. The van der Waals surface area contributed by atoms with E-state index in [4.69, 9.17) is 11.6 Å². The molecule has 0 bridgehead atoms. The topological polar surface area (TPSA) is 93.1 Å². The Balaban J connectivity index is 1.96. The molecule has 2 aromatic carbocycles. The maximum Gasteiger partial charge on any atom is 0.265 e. The van der Waals surface area contributed by atoms with Gasteiger partial charge in [-0.25, -0.2) is 13.1 Å². The van der Waals surface area contributed by atoms with Crippen LogP contribution >= 0.6 is 11.6 Å². The van der Waals surface area contributed by atoms with E-state index in [1.54, 1.807) is 67.1 Å². The maximum atomic E-state index is 13.0. The van der Waals surface area contributed by atoms with Gasteiger partial charge in [-0.05, 0) is 56.3 Å². The molecule has 0 saturated carbocycles. The van der Waals surface area contributed by atoms with Gasteiger partial charge in [0, 0.05) is 17.6 Å². The molecule has 0 unspecified atom stereocenters. The second kappa shape index (κ2) is 7.65. The Morgan fingerprint density at radius 3 is 2.36 bits per heavy atom. The summed E-state index contributed by atoms with van der Waals surface area (Å²) < 4.78 is 30.1. The van der Waals surface area contributed by atoms with Gasteiger partial charge >= 0.3 is 0 Å². The van der Waals surface area contributed by atoms with Crippen molar-refractivity contribution in [2.75, 3.05) is 10.0 Å². The van der Waals surface area contributed by atoms with E-state index in [0.717, 1.165) is 0 Å². The summed E-state index contributed by atoms with van der Waals surface area (Å²) in [7, 11) is -3.89. The first kappa shape index (κ1) is 19.9. The number of carbonyl (C=O) groups excluding carboxylic acids is 1. The van der Waals surface area contributed by atoms with Gasteiger partial charge in [-0.3, -0.25) is 9.52 Å². The maximum absolute atomic E-state index is 13.0. The number of aromatic nitrogens is 2. The fourth-order valence-electron chi connectivity index (χ4n) is 2.92. The van der Waals surface area contributed by atoms with Crippen LogP contribution in [0, 0.1) is 13.8 Å². The summed E-state index contributed by atoms with van der Waals surface area (Å²) in [6.07, 6.45) is 0. The monoisotopic (exact) mass is 418 g/mol. The Morgan fingerprint density at radius 2 is 1.71 bits per heavy atom. The van der Waals surface area contributed by atoms with Gasteiger partial charge in [0.25, 0.3) is 10.0 Å². The molecule has 7 nitrogen and oxygen atoms in total. The molecule has 1 amide bonds. The lowest BCUT2D eigenvalue weighted by molar-refractivity contribution is -0.114. The molecule has 0 aliphatic carbocycles. The highest BCUT2D eigenvalue weighted by Crippen LogP contribution is 2.26. The van der Waals surface area contributed by atoms with Gasteiger partial charge in [0.05, 0.1) is 22.8 Å². The van der Waals surface area contributed by atoms with Crippen LogP contribution in [0.1, 0.15) is 18.3 Å². The lowest BCUT2D eigenvalue weighted by Gasteiger charge is -2.10. The van der Waals surface area contributed by atoms with E-state index in [-0.39, 0.29) is 10.8 Å². The highest BCUT2D eigenvalue weighted by molar-refractivity contribution is 7.92. The van der Waals surface area contributed by atoms with Crippen LogP contribution in [0.5, 0.6) is 0 Å². The van der Waals surface area contributed by atoms with E-state index in [2.05, 4.69) is 15.1 Å². The van der Waals surface area contributed by atoms with Crippen LogP contribution in [0.15, 0.2) is 53.4 Å². The Bertz CT molecular complexity index is 1140. The second-order valence-electron chi connectivity index (χ2n) is 6.26. The van der Waals surface area contributed by atoms with Gasteiger partial charge in [-0.15, -0.1) is 0 Å². The van der Waals surface area contributed by atoms with Gasteiger partial charge in [-0.2, -0.15) is 5.10 Å². The summed E-state index contributed by atoms with van der Waals surface area (Å²) in [4.78, 5) is 11.3. The van der Waals surface area contributed by atoms with Gasteiger partial charge in [0.1, 0.15) is 4.90 Å². The number of sulfonamides is 1. The van der Waals surface area contributed by atoms with Crippen LogP contribution in [-0.2, 0) is 14.8 Å². The molecule has 3 rings (SSSR count). The standard InChI is InChI=1S/C19H19ClN4O3S/c1-12-19(13(2)24(22-12)18-9-7-15(20)8-10-18)28(26,27)23-17-6-4-5-16(11-17)21-14(3)25/h4-11,23H,1-3H3,(H,21,25). The number of benzene rings is 2. The predicted molar refractivity (Wildman–Crippen MR) is 110 cm³/mol. The molecule has 0 aliphatic rings. The molecular formula is C19H19ClN4O3S. The summed E-state index contributed by atoms with van der Waals surface area (Å²) in [5.74, 6) is -0.240. The normalized spacial score (nSPS) is 11.3. The number of hydrogen-bond acceptors (Lipinski definition) is 4. The van der Waals surface area contributed by atoms with Gasteiger partial charge in [0.15, 0.2) is 0 Å². The molecule has 2 N–H and O–H groups in total. The molecule has 1 aromatic heterocycles. The molecule has 146 valence electrons. The first-order chi connectivity index (χ1) is 13.2. The zero-order valence-corrected chi connectivity index (χ0v) is 17.1. The minimum absolute atomic E-state index is 0.104. The van der Waals surface area contributed by atoms with E-state index < -0.39 is 10.0 Å².